The molecule has 74 heavy (non-hydrogen) atoms. The Morgan fingerprint density at radius 2 is 0.500 bits per heavy atom. The van der Waals surface area contributed by atoms with Crippen LogP contribution in [0.3, 0.4) is 0 Å². The highest BCUT2D eigenvalue weighted by atomic mass is 16.3. The Hall–Kier alpha value is -10.0. The summed E-state index contributed by atoms with van der Waals surface area (Å²) in [5.41, 5.74) is 20.9. The number of rotatable bonds is 9. The zero-order chi connectivity index (χ0) is 49.0. The number of hydrogen-bond acceptors (Lipinski definition) is 6. The van der Waals surface area contributed by atoms with Crippen LogP contribution < -0.4 is 0 Å². The van der Waals surface area contributed by atoms with Crippen LogP contribution >= 0.6 is 0 Å². The summed E-state index contributed by atoms with van der Waals surface area (Å²) < 4.78 is 13.1. The quantitative estimate of drug-likeness (QED) is 0.143. The number of nitrogens with zero attached hydrogens (tertiary/aromatic N) is 4. The van der Waals surface area contributed by atoms with Crippen molar-refractivity contribution in [3.63, 3.8) is 0 Å². The second-order valence-electron chi connectivity index (χ2n) is 18.6. The van der Waals surface area contributed by atoms with Crippen LogP contribution in [0, 0.1) is 0 Å². The minimum Gasteiger partial charge on any atom is -0.452 e. The molecule has 0 radical (unpaired) electrons. The maximum Gasteiger partial charge on any atom is 0.180 e. The van der Waals surface area contributed by atoms with Gasteiger partial charge in [-0.3, -0.25) is 0 Å². The SMILES string of the molecule is c1ccc(-c2ccc(-c3nc(-c4cccc(-c5cccc(-c6cccc(-c7cccc(-c8nc(-c9ccc(-c%10ccccc%10)cc9)nc9c8oc8ccccc89)c7)c6)c5)c4)c4oc5ccccc5c4n3)cc2)cc1. The van der Waals surface area contributed by atoms with Crippen LogP contribution in [0.5, 0.6) is 0 Å². The van der Waals surface area contributed by atoms with Gasteiger partial charge in [0.25, 0.3) is 0 Å². The molecule has 6 heteroatoms. The van der Waals surface area contributed by atoms with Crippen molar-refractivity contribution in [2.45, 2.75) is 0 Å². The fraction of sp³-hybridized carbons (Fsp3) is 0. The van der Waals surface area contributed by atoms with Crippen molar-refractivity contribution in [1.29, 1.82) is 0 Å². The third-order valence-electron chi connectivity index (χ3n) is 13.9. The molecule has 0 saturated carbocycles. The lowest BCUT2D eigenvalue weighted by Gasteiger charge is -2.11. The minimum absolute atomic E-state index is 0.645. The maximum absolute atomic E-state index is 6.54. The van der Waals surface area contributed by atoms with Gasteiger partial charge in [0.2, 0.25) is 0 Å². The highest BCUT2D eigenvalue weighted by molar-refractivity contribution is 6.08. The van der Waals surface area contributed by atoms with Gasteiger partial charge in [-0.15, -0.1) is 0 Å². The highest BCUT2D eigenvalue weighted by Crippen LogP contribution is 2.40. The zero-order valence-electron chi connectivity index (χ0n) is 39.9. The first kappa shape index (κ1) is 42.8. The Labute approximate surface area is 426 Å². The van der Waals surface area contributed by atoms with Gasteiger partial charge in [0.15, 0.2) is 22.8 Å². The molecule has 0 unspecified atom stereocenters. The van der Waals surface area contributed by atoms with E-state index in [0.29, 0.717) is 22.8 Å². The first-order chi connectivity index (χ1) is 36.6. The Morgan fingerprint density at radius 3 is 0.878 bits per heavy atom. The fourth-order valence-electron chi connectivity index (χ4n) is 10.2. The minimum atomic E-state index is 0.645. The second kappa shape index (κ2) is 18.0. The number of aromatic nitrogens is 4. The summed E-state index contributed by atoms with van der Waals surface area (Å²) >= 11 is 0. The van der Waals surface area contributed by atoms with Crippen LogP contribution in [0.25, 0.3) is 145 Å². The summed E-state index contributed by atoms with van der Waals surface area (Å²) in [5.74, 6) is 1.29. The molecule has 0 bridgehead atoms. The van der Waals surface area contributed by atoms with Crippen molar-refractivity contribution < 1.29 is 8.83 Å². The van der Waals surface area contributed by atoms with Crippen molar-refractivity contribution in [2.75, 3.05) is 0 Å². The van der Waals surface area contributed by atoms with E-state index in [1.54, 1.807) is 0 Å². The third-order valence-corrected chi connectivity index (χ3v) is 13.9. The van der Waals surface area contributed by atoms with Crippen LogP contribution in [-0.2, 0) is 0 Å². The van der Waals surface area contributed by atoms with E-state index < -0.39 is 0 Å². The number of furan rings is 2. The first-order valence-electron chi connectivity index (χ1n) is 24.8. The molecular weight excluding hydrogens is 905 g/mol. The first-order valence-corrected chi connectivity index (χ1v) is 24.8. The van der Waals surface area contributed by atoms with E-state index in [0.717, 1.165) is 122 Å². The van der Waals surface area contributed by atoms with Gasteiger partial charge in [-0.2, -0.15) is 0 Å². The lowest BCUT2D eigenvalue weighted by atomic mass is 9.94. The summed E-state index contributed by atoms with van der Waals surface area (Å²) in [5, 5.41) is 1.91. The van der Waals surface area contributed by atoms with Crippen molar-refractivity contribution in [1.82, 2.24) is 19.9 Å². The van der Waals surface area contributed by atoms with Crippen LogP contribution in [0.4, 0.5) is 0 Å². The molecule has 0 fully saturated rings. The maximum atomic E-state index is 6.54. The van der Waals surface area contributed by atoms with Crippen LogP contribution in [-0.4, -0.2) is 19.9 Å². The van der Waals surface area contributed by atoms with Gasteiger partial charge < -0.3 is 8.83 Å². The van der Waals surface area contributed by atoms with E-state index in [1.807, 2.05) is 48.5 Å². The molecule has 0 N–H and O–H groups in total. The molecular formula is C68H42N4O2. The van der Waals surface area contributed by atoms with Gasteiger partial charge in [0.1, 0.15) is 33.6 Å². The number of para-hydroxylation sites is 2. The molecule has 0 aliphatic rings. The van der Waals surface area contributed by atoms with Crippen LogP contribution in [0.2, 0.25) is 0 Å². The average molecular weight is 947 g/mol. The average Bonchev–Trinajstić information content (AvgIpc) is 4.07. The summed E-state index contributed by atoms with van der Waals surface area (Å²) in [6.07, 6.45) is 0. The zero-order valence-corrected chi connectivity index (χ0v) is 39.9. The molecule has 10 aromatic carbocycles. The number of fused-ring (bicyclic) bond motifs is 6. The van der Waals surface area contributed by atoms with E-state index in [9.17, 15) is 0 Å². The molecule has 14 rings (SSSR count). The molecule has 346 valence electrons. The Kier molecular flexibility index (Phi) is 10.4. The van der Waals surface area contributed by atoms with Gasteiger partial charge in [-0.25, -0.2) is 19.9 Å². The standard InChI is InChI=1S/C68H42N4O2/c1-3-15-43(16-4-1)45-31-35-47(36-32-45)67-69-61(65-63(71-67)57-27-7-9-29-59(57)73-65)55-25-13-23-53(41-55)51-21-11-19-49(39-51)50-20-12-22-52(40-50)54-24-14-26-56(42-54)62-66-64(58-28-8-10-30-60(58)74-66)72-68(70-62)48-37-33-46(34-38-48)44-17-5-2-6-18-44/h1-42H. The number of benzene rings is 10. The van der Waals surface area contributed by atoms with Crippen LogP contribution in [0.15, 0.2) is 264 Å². The van der Waals surface area contributed by atoms with E-state index in [1.165, 1.54) is 0 Å². The predicted molar refractivity (Wildman–Crippen MR) is 301 cm³/mol. The fourth-order valence-corrected chi connectivity index (χ4v) is 10.2. The summed E-state index contributed by atoms with van der Waals surface area (Å²) in [6, 6.07) is 88.4. The van der Waals surface area contributed by atoms with Gasteiger partial charge in [-0.05, 0) is 104 Å². The van der Waals surface area contributed by atoms with Gasteiger partial charge >= 0.3 is 0 Å². The summed E-state index contributed by atoms with van der Waals surface area (Å²) in [7, 11) is 0. The molecule has 0 amide bonds. The van der Waals surface area contributed by atoms with Crippen molar-refractivity contribution in [2.24, 2.45) is 0 Å². The van der Waals surface area contributed by atoms with Gasteiger partial charge in [0, 0.05) is 33.0 Å². The van der Waals surface area contributed by atoms with E-state index in [-0.39, 0.29) is 0 Å². The molecule has 0 aliphatic heterocycles. The Morgan fingerprint density at radius 1 is 0.216 bits per heavy atom. The van der Waals surface area contributed by atoms with E-state index in [4.69, 9.17) is 28.8 Å². The summed E-state index contributed by atoms with van der Waals surface area (Å²) in [4.78, 5) is 20.7. The molecule has 0 spiro atoms. The van der Waals surface area contributed by atoms with Gasteiger partial charge in [0.05, 0.1) is 0 Å². The Bertz CT molecular complexity index is 4120. The van der Waals surface area contributed by atoms with Crippen molar-refractivity contribution in [3.05, 3.63) is 255 Å². The number of hydrogen-bond donors (Lipinski definition) is 0. The summed E-state index contributed by atoms with van der Waals surface area (Å²) in [6.45, 7) is 0. The molecule has 0 atom stereocenters. The van der Waals surface area contributed by atoms with Crippen molar-refractivity contribution >= 4 is 44.1 Å². The molecule has 6 nitrogen and oxygen atoms in total. The second-order valence-corrected chi connectivity index (χ2v) is 18.6. The molecule has 4 heterocycles. The smallest absolute Gasteiger partial charge is 0.180 e. The largest absolute Gasteiger partial charge is 0.452 e. The molecule has 4 aromatic heterocycles. The third kappa shape index (κ3) is 7.79. The monoisotopic (exact) mass is 946 g/mol. The van der Waals surface area contributed by atoms with E-state index >= 15 is 0 Å². The van der Waals surface area contributed by atoms with Crippen LogP contribution in [0.1, 0.15) is 0 Å². The van der Waals surface area contributed by atoms with E-state index in [2.05, 4.69) is 206 Å². The molecule has 14 aromatic rings. The van der Waals surface area contributed by atoms with Gasteiger partial charge in [-0.1, -0.05) is 206 Å². The van der Waals surface area contributed by atoms with Crippen molar-refractivity contribution in [3.8, 4) is 101 Å². The topological polar surface area (TPSA) is 77.8 Å². The lowest BCUT2D eigenvalue weighted by molar-refractivity contribution is 0.667. The lowest BCUT2D eigenvalue weighted by Crippen LogP contribution is -1.94. The Balaban J connectivity index is 0.802. The normalized spacial score (nSPS) is 11.5. The molecule has 0 saturated heterocycles. The highest BCUT2D eigenvalue weighted by Gasteiger charge is 2.21. The predicted octanol–water partition coefficient (Wildman–Crippen LogP) is 18.1. The molecule has 0 aliphatic carbocycles.